The molecule has 0 bridgehead atoms. The Hall–Kier alpha value is -2.51. The lowest BCUT2D eigenvalue weighted by atomic mass is 10.3. The van der Waals surface area contributed by atoms with Gasteiger partial charge in [0.15, 0.2) is 0 Å². The molecule has 0 aromatic heterocycles. The van der Waals surface area contributed by atoms with Crippen LogP contribution in [0.3, 0.4) is 0 Å². The van der Waals surface area contributed by atoms with Crippen molar-refractivity contribution in [3.05, 3.63) is 44.5 Å². The number of benzene rings is 1. The van der Waals surface area contributed by atoms with E-state index in [-0.39, 0.29) is 6.47 Å². The number of carboxylic acid groups (broad SMARTS) is 1. The topological polar surface area (TPSA) is 124 Å². The molecule has 1 rings (SSSR count). The molecule has 0 radical (unpaired) electrons. The summed E-state index contributed by atoms with van der Waals surface area (Å²) in [6.07, 6.45) is 0. The van der Waals surface area contributed by atoms with Crippen molar-refractivity contribution in [3.8, 4) is 0 Å². The number of para-hydroxylation sites is 2. The third-order valence-corrected chi connectivity index (χ3v) is 1.28. The van der Waals surface area contributed by atoms with Crippen LogP contribution in [0.5, 0.6) is 0 Å². The molecule has 8 nitrogen and oxygen atoms in total. The van der Waals surface area contributed by atoms with Gasteiger partial charge in [-0.2, -0.15) is 0 Å². The van der Waals surface area contributed by atoms with Crippen LogP contribution in [-0.4, -0.2) is 21.4 Å². The van der Waals surface area contributed by atoms with Crippen LogP contribution in [0.2, 0.25) is 0 Å². The minimum absolute atomic E-state index is 0.250. The van der Waals surface area contributed by atoms with Crippen molar-refractivity contribution in [1.29, 1.82) is 0 Å². The van der Waals surface area contributed by atoms with E-state index in [1.807, 2.05) is 0 Å². The van der Waals surface area contributed by atoms with E-state index in [1.165, 1.54) is 12.1 Å². The molecule has 0 atom stereocenters. The van der Waals surface area contributed by atoms with Crippen LogP contribution in [0.1, 0.15) is 0 Å². The quantitative estimate of drug-likeness (QED) is 0.448. The van der Waals surface area contributed by atoms with Gasteiger partial charge in [-0.05, 0) is 0 Å². The Balaban J connectivity index is 0.000000583. The smallest absolute Gasteiger partial charge is 0.346 e. The molecule has 0 fully saturated rings. The number of nitro benzene ring substituents is 2. The Morgan fingerprint density at radius 3 is 1.53 bits per heavy atom. The second-order valence-electron chi connectivity index (χ2n) is 2.11. The molecule has 0 unspecified atom stereocenters. The second kappa shape index (κ2) is 6.02. The number of nitrogens with zero attached hydrogens (tertiary/aromatic N) is 2. The lowest BCUT2D eigenvalue weighted by Gasteiger charge is -1.91. The van der Waals surface area contributed by atoms with E-state index in [0.29, 0.717) is 0 Å². The zero-order valence-electron chi connectivity index (χ0n) is 7.27. The molecule has 0 saturated heterocycles. The third kappa shape index (κ3) is 3.81. The predicted molar refractivity (Wildman–Crippen MR) is 48.4 cm³/mol. The maximum atomic E-state index is 10.2. The maximum absolute atomic E-state index is 10.2. The summed E-state index contributed by atoms with van der Waals surface area (Å²) >= 11 is 0. The summed E-state index contributed by atoms with van der Waals surface area (Å²) in [6.45, 7) is -0.250. The minimum Gasteiger partial charge on any atom is -0.483 e. The lowest BCUT2D eigenvalue weighted by Crippen LogP contribution is -1.95. The second-order valence-corrected chi connectivity index (χ2v) is 2.11. The van der Waals surface area contributed by atoms with E-state index < -0.39 is 21.2 Å². The van der Waals surface area contributed by atoms with Gasteiger partial charge in [-0.3, -0.25) is 25.0 Å². The molecule has 15 heavy (non-hydrogen) atoms. The van der Waals surface area contributed by atoms with Crippen LogP contribution in [-0.2, 0) is 4.79 Å². The number of rotatable bonds is 2. The van der Waals surface area contributed by atoms with Crippen LogP contribution in [0.25, 0.3) is 0 Å². The molecule has 1 aromatic carbocycles. The van der Waals surface area contributed by atoms with E-state index in [2.05, 4.69) is 0 Å². The fourth-order valence-corrected chi connectivity index (χ4v) is 0.773. The molecule has 0 amide bonds. The average Bonchev–Trinajstić information content (AvgIpc) is 2.19. The molecule has 0 spiro atoms. The van der Waals surface area contributed by atoms with Crippen LogP contribution in [0.15, 0.2) is 24.3 Å². The molecular weight excluding hydrogens is 208 g/mol. The fraction of sp³-hybridized carbons (Fsp3) is 0. The third-order valence-electron chi connectivity index (χ3n) is 1.28. The maximum Gasteiger partial charge on any atom is 0.346 e. The molecule has 1 aromatic rings. The number of hydrogen-bond acceptors (Lipinski definition) is 5. The first-order chi connectivity index (χ1) is 7.04. The predicted octanol–water partition coefficient (Wildman–Crippen LogP) is 1.20. The summed E-state index contributed by atoms with van der Waals surface area (Å²) in [5.41, 5.74) is -0.968. The summed E-state index contributed by atoms with van der Waals surface area (Å²) in [4.78, 5) is 27.3. The molecule has 0 saturated carbocycles. The van der Waals surface area contributed by atoms with Gasteiger partial charge in [-0.25, -0.2) is 0 Å². The highest BCUT2D eigenvalue weighted by Gasteiger charge is 2.21. The van der Waals surface area contributed by atoms with Crippen molar-refractivity contribution in [2.45, 2.75) is 0 Å². The van der Waals surface area contributed by atoms with E-state index in [4.69, 9.17) is 9.90 Å². The number of nitro groups is 2. The lowest BCUT2D eigenvalue weighted by molar-refractivity contribution is -0.422. The molecular formula is C7H6N2O6. The molecule has 0 aliphatic rings. The van der Waals surface area contributed by atoms with Gasteiger partial charge >= 0.3 is 11.4 Å². The fourth-order valence-electron chi connectivity index (χ4n) is 0.773. The van der Waals surface area contributed by atoms with E-state index in [1.54, 1.807) is 0 Å². The summed E-state index contributed by atoms with van der Waals surface area (Å²) in [7, 11) is 0. The van der Waals surface area contributed by atoms with Gasteiger partial charge in [0.1, 0.15) is 0 Å². The summed E-state index contributed by atoms with van der Waals surface area (Å²) < 4.78 is 0. The monoisotopic (exact) mass is 214 g/mol. The molecule has 0 aliphatic carbocycles. The Bertz CT molecular complexity index is 344. The van der Waals surface area contributed by atoms with E-state index in [9.17, 15) is 20.2 Å². The summed E-state index contributed by atoms with van der Waals surface area (Å²) in [5.74, 6) is 0. The van der Waals surface area contributed by atoms with Crippen molar-refractivity contribution >= 4 is 17.8 Å². The zero-order chi connectivity index (χ0) is 11.8. The van der Waals surface area contributed by atoms with Crippen LogP contribution in [0, 0.1) is 20.2 Å². The standard InChI is InChI=1S/C6H4N2O4.CH2O2/c9-7(10)5-3-1-2-4-6(5)8(11)12;2-1-3/h1-4H;1H,(H,2,3). The average molecular weight is 214 g/mol. The van der Waals surface area contributed by atoms with Crippen LogP contribution in [0.4, 0.5) is 11.4 Å². The molecule has 80 valence electrons. The largest absolute Gasteiger partial charge is 0.483 e. The SMILES string of the molecule is O=CO.O=[N+]([O-])c1ccccc1[N+](=O)[O-]. The van der Waals surface area contributed by atoms with Gasteiger partial charge in [0, 0.05) is 12.1 Å². The Morgan fingerprint density at radius 1 is 1.07 bits per heavy atom. The number of carbonyl (C=O) groups is 1. The van der Waals surface area contributed by atoms with Crippen LogP contribution < -0.4 is 0 Å². The van der Waals surface area contributed by atoms with Gasteiger partial charge in [0.05, 0.1) is 9.85 Å². The highest BCUT2D eigenvalue weighted by Crippen LogP contribution is 2.24. The molecule has 1 N–H and O–H groups in total. The first-order valence-corrected chi connectivity index (χ1v) is 3.50. The highest BCUT2D eigenvalue weighted by atomic mass is 16.6. The summed E-state index contributed by atoms with van der Waals surface area (Å²) in [5, 5.41) is 27.3. The van der Waals surface area contributed by atoms with Crippen molar-refractivity contribution in [3.63, 3.8) is 0 Å². The Morgan fingerprint density at radius 2 is 1.33 bits per heavy atom. The van der Waals surface area contributed by atoms with Gasteiger partial charge in [-0.15, -0.1) is 0 Å². The molecule has 0 aliphatic heterocycles. The first-order valence-electron chi connectivity index (χ1n) is 3.50. The Kier molecular flexibility index (Phi) is 5.01. The summed E-state index contributed by atoms with van der Waals surface area (Å²) in [6, 6.07) is 4.95. The van der Waals surface area contributed by atoms with Gasteiger partial charge in [0.25, 0.3) is 6.47 Å². The van der Waals surface area contributed by atoms with Crippen molar-refractivity contribution < 1.29 is 19.7 Å². The van der Waals surface area contributed by atoms with Crippen molar-refractivity contribution in [2.24, 2.45) is 0 Å². The van der Waals surface area contributed by atoms with Crippen molar-refractivity contribution in [2.75, 3.05) is 0 Å². The van der Waals surface area contributed by atoms with Gasteiger partial charge in [0.2, 0.25) is 0 Å². The van der Waals surface area contributed by atoms with Gasteiger partial charge in [-0.1, -0.05) is 12.1 Å². The zero-order valence-corrected chi connectivity index (χ0v) is 7.27. The van der Waals surface area contributed by atoms with Gasteiger partial charge < -0.3 is 5.11 Å². The van der Waals surface area contributed by atoms with E-state index in [0.717, 1.165) is 12.1 Å². The minimum atomic E-state index is -0.780. The molecule has 0 heterocycles. The van der Waals surface area contributed by atoms with Crippen molar-refractivity contribution in [1.82, 2.24) is 0 Å². The Labute approximate surface area is 83.1 Å². The van der Waals surface area contributed by atoms with Crippen LogP contribution >= 0.6 is 0 Å². The van der Waals surface area contributed by atoms with E-state index >= 15 is 0 Å². The molecule has 8 heteroatoms. The number of hydrogen-bond donors (Lipinski definition) is 1. The first kappa shape index (κ1) is 12.5. The highest BCUT2D eigenvalue weighted by molar-refractivity contribution is 5.51. The normalized spacial score (nSPS) is 8.27.